The number of nitrogens with two attached hydrogens (primary N) is 3. The van der Waals surface area contributed by atoms with Crippen LogP contribution in [-0.4, -0.2) is 272 Å². The van der Waals surface area contributed by atoms with Crippen LogP contribution in [0, 0.1) is 46.3 Å². The highest BCUT2D eigenvalue weighted by Gasteiger charge is 2.66. The quantitative estimate of drug-likeness (QED) is 0.0390. The van der Waals surface area contributed by atoms with Crippen LogP contribution < -0.4 is 27.8 Å². The van der Waals surface area contributed by atoms with Crippen molar-refractivity contribution in [2.75, 3.05) is 184 Å². The summed E-state index contributed by atoms with van der Waals surface area (Å²) in [6.45, 7) is 19.9. The number of carboxylic acids is 3. The SMILES string of the molecule is CCCCCCCCN(CCC[C@@H](C)C1CC[C@H]2C3[C@H](OCCCN)CC4C[C@H](OCCCN)CCC4(C)[C@H]3C[C@H](OCCCN)[C@@]12C)C(=O)NCCOCCOCCOCCNC(=O)CN1CCN(CC(=O)O)CCN(CC(=O)O)CCN(CC(=O)O)CC1. The summed E-state index contributed by atoms with van der Waals surface area (Å²) in [6.07, 6.45) is 20.1. The molecule has 0 aromatic carbocycles. The second-order valence-corrected chi connectivity index (χ2v) is 27.1. The van der Waals surface area contributed by atoms with Crippen molar-refractivity contribution in [1.82, 2.24) is 35.1 Å². The maximum Gasteiger partial charge on any atom is 0.317 e. The van der Waals surface area contributed by atoms with Crippen molar-refractivity contribution < 1.29 is 67.7 Å². The second kappa shape index (κ2) is 42.9. The van der Waals surface area contributed by atoms with Gasteiger partial charge in [0.05, 0.1) is 84.1 Å². The Labute approximate surface area is 539 Å². The first-order valence-electron chi connectivity index (χ1n) is 35.0. The molecule has 1 aliphatic heterocycles. The molecule has 1 saturated heterocycles. The average molecular weight is 1280 g/mol. The smallest absolute Gasteiger partial charge is 0.317 e. The zero-order chi connectivity index (χ0) is 65.2. The van der Waals surface area contributed by atoms with Gasteiger partial charge < -0.3 is 76.5 Å². The number of carbonyl (C=O) groups excluding carboxylic acids is 2. The lowest BCUT2D eigenvalue weighted by Gasteiger charge is -2.65. The summed E-state index contributed by atoms with van der Waals surface area (Å²) in [5.74, 6) is -0.299. The Balaban J connectivity index is 1.04. The monoisotopic (exact) mass is 1280 g/mol. The van der Waals surface area contributed by atoms with Crippen LogP contribution in [0.2, 0.25) is 0 Å². The number of amides is 3. The molecule has 24 nitrogen and oxygen atoms in total. The summed E-state index contributed by atoms with van der Waals surface area (Å²) in [7, 11) is 0. The first kappa shape index (κ1) is 77.3. The molecule has 0 bridgehead atoms. The van der Waals surface area contributed by atoms with Crippen LogP contribution in [0.25, 0.3) is 0 Å². The number of ether oxygens (including phenoxy) is 6. The van der Waals surface area contributed by atoms with Crippen LogP contribution in [0.3, 0.4) is 0 Å². The van der Waals surface area contributed by atoms with Crippen LogP contribution in [-0.2, 0) is 47.6 Å². The molecule has 11 atom stereocenters. The highest BCUT2D eigenvalue weighted by molar-refractivity contribution is 5.78. The van der Waals surface area contributed by atoms with Crippen molar-refractivity contribution in [1.29, 1.82) is 0 Å². The minimum absolute atomic E-state index is 0.000201. The molecule has 0 aromatic rings. The molecule has 5 aliphatic rings. The third-order valence-corrected chi connectivity index (χ3v) is 20.9. The Morgan fingerprint density at radius 3 is 1.61 bits per heavy atom. The predicted molar refractivity (Wildman–Crippen MR) is 347 cm³/mol. The van der Waals surface area contributed by atoms with Crippen molar-refractivity contribution in [3.63, 3.8) is 0 Å². The fraction of sp³-hybridized carbons (Fsp3) is 0.924. The minimum Gasteiger partial charge on any atom is -0.480 e. The van der Waals surface area contributed by atoms with E-state index in [1.54, 1.807) is 14.7 Å². The molecule has 4 aliphatic carbocycles. The fourth-order valence-corrected chi connectivity index (χ4v) is 16.0. The zero-order valence-electron chi connectivity index (χ0n) is 56.0. The van der Waals surface area contributed by atoms with Gasteiger partial charge in [-0.15, -0.1) is 0 Å². The van der Waals surface area contributed by atoms with Crippen LogP contribution >= 0.6 is 0 Å². The van der Waals surface area contributed by atoms with Gasteiger partial charge in [-0.2, -0.15) is 0 Å². The van der Waals surface area contributed by atoms with Gasteiger partial charge in [0.2, 0.25) is 5.91 Å². The lowest BCUT2D eigenvalue weighted by atomic mass is 9.43. The Kier molecular flexibility index (Phi) is 36.8. The molecule has 5 fully saturated rings. The van der Waals surface area contributed by atoms with Gasteiger partial charge in [0.25, 0.3) is 0 Å². The van der Waals surface area contributed by atoms with E-state index in [4.69, 9.17) is 45.6 Å². The highest BCUT2D eigenvalue weighted by atomic mass is 16.5. The van der Waals surface area contributed by atoms with E-state index in [-0.39, 0.29) is 80.4 Å². The van der Waals surface area contributed by atoms with Crippen molar-refractivity contribution in [3.05, 3.63) is 0 Å². The van der Waals surface area contributed by atoms with Gasteiger partial charge in [-0.05, 0) is 144 Å². The predicted octanol–water partition coefficient (Wildman–Crippen LogP) is 4.50. The van der Waals surface area contributed by atoms with Crippen molar-refractivity contribution >= 4 is 29.8 Å². The Hall–Kier alpha value is -3.37. The summed E-state index contributed by atoms with van der Waals surface area (Å²) >= 11 is 0. The number of nitrogens with zero attached hydrogens (tertiary/aromatic N) is 5. The van der Waals surface area contributed by atoms with Gasteiger partial charge in [0, 0.05) is 104 Å². The summed E-state index contributed by atoms with van der Waals surface area (Å²) in [4.78, 5) is 70.7. The number of hydrogen-bond acceptors (Lipinski definition) is 18. The van der Waals surface area contributed by atoms with Gasteiger partial charge in [0.15, 0.2) is 0 Å². The molecule has 0 spiro atoms. The number of unbranched alkanes of at least 4 members (excludes halogenated alkanes) is 5. The van der Waals surface area contributed by atoms with E-state index < -0.39 is 17.9 Å². The largest absolute Gasteiger partial charge is 0.480 e. The van der Waals surface area contributed by atoms with Crippen LogP contribution in [0.5, 0.6) is 0 Å². The van der Waals surface area contributed by atoms with Crippen molar-refractivity contribution in [3.8, 4) is 0 Å². The number of aliphatic carboxylic acids is 3. The van der Waals surface area contributed by atoms with E-state index in [9.17, 15) is 39.3 Å². The van der Waals surface area contributed by atoms with Gasteiger partial charge in [-0.1, -0.05) is 59.8 Å². The molecule has 1 heterocycles. The summed E-state index contributed by atoms with van der Waals surface area (Å²) in [5, 5.41) is 34.5. The van der Waals surface area contributed by atoms with E-state index in [1.165, 1.54) is 44.9 Å². The van der Waals surface area contributed by atoms with Crippen molar-refractivity contribution in [2.24, 2.45) is 63.5 Å². The summed E-state index contributed by atoms with van der Waals surface area (Å²) < 4.78 is 37.8. The van der Waals surface area contributed by atoms with Crippen molar-refractivity contribution in [2.45, 2.75) is 162 Å². The molecule has 0 aromatic heterocycles. The fourth-order valence-electron chi connectivity index (χ4n) is 16.0. The van der Waals surface area contributed by atoms with Gasteiger partial charge >= 0.3 is 23.9 Å². The normalized spacial score (nSPS) is 27.6. The van der Waals surface area contributed by atoms with E-state index in [1.807, 2.05) is 9.80 Å². The molecule has 90 heavy (non-hydrogen) atoms. The van der Waals surface area contributed by atoms with Gasteiger partial charge in [0.1, 0.15) is 0 Å². The van der Waals surface area contributed by atoms with Gasteiger partial charge in [-0.3, -0.25) is 38.8 Å². The lowest BCUT2D eigenvalue weighted by Crippen LogP contribution is -2.63. The number of fused-ring (bicyclic) bond motifs is 5. The lowest BCUT2D eigenvalue weighted by molar-refractivity contribution is -0.227. The van der Waals surface area contributed by atoms with Crippen LogP contribution in [0.4, 0.5) is 4.79 Å². The molecule has 11 N–H and O–H groups in total. The first-order chi connectivity index (χ1) is 43.5. The Morgan fingerprint density at radius 2 is 1.06 bits per heavy atom. The molecule has 24 heteroatoms. The molecule has 5 rings (SSSR count). The maximum atomic E-state index is 13.9. The minimum atomic E-state index is -1.02. The molecule has 522 valence electrons. The number of nitrogens with one attached hydrogen (secondary N) is 2. The zero-order valence-corrected chi connectivity index (χ0v) is 56.0. The first-order valence-corrected chi connectivity index (χ1v) is 35.0. The standard InChI is InChI=1S/C66H124N10O14/c1-5-6-7-8-9-10-25-76(26-11-15-51(2)54-16-17-55-63-56(46-58(66(54,55)4)90-37-14-22-69)65(3)19-18-53(88-35-12-20-67)44-52(65)45-57(63)89-36-13-21-68)64(84)71-24-39-86-41-43-87-42-40-85-38-23-70-59(77)47-72-27-29-73(48-60(78)79)31-33-75(50-62(82)83)34-32-74(30-28-72)49-61(80)81/h51-58,63H,5-50,67-69H2,1-4H3,(H,70,77)(H,71,84)(H,78,79)(H,80,81)(H,82,83)/t51-,52?,53-,54?,55+,56+,57-,58+,63?,65?,66+/m1/s1. The average Bonchev–Trinajstić information content (AvgIpc) is 1.31. The maximum absolute atomic E-state index is 13.9. The topological polar surface area (TPSA) is 320 Å². The number of urea groups is 1. The van der Waals surface area contributed by atoms with E-state index >= 15 is 0 Å². The number of hydrogen-bond donors (Lipinski definition) is 8. The second-order valence-electron chi connectivity index (χ2n) is 27.1. The molecule has 0 radical (unpaired) electrons. The van der Waals surface area contributed by atoms with E-state index in [0.29, 0.717) is 167 Å². The van der Waals surface area contributed by atoms with Crippen LogP contribution in [0.1, 0.15) is 143 Å². The number of rotatable bonds is 44. The Morgan fingerprint density at radius 1 is 0.556 bits per heavy atom. The summed E-state index contributed by atoms with van der Waals surface area (Å²) in [6, 6.07) is -0.0405. The molecule has 4 unspecified atom stereocenters. The van der Waals surface area contributed by atoms with Gasteiger partial charge in [-0.25, -0.2) is 4.79 Å². The molecular formula is C66H124N10O14. The van der Waals surface area contributed by atoms with Crippen LogP contribution in [0.15, 0.2) is 0 Å². The number of carboxylic acid groups (broad SMARTS) is 3. The van der Waals surface area contributed by atoms with E-state index in [0.717, 1.165) is 83.8 Å². The van der Waals surface area contributed by atoms with E-state index in [2.05, 4.69) is 38.3 Å². The highest BCUT2D eigenvalue weighted by Crippen LogP contribution is 2.69. The molecule has 3 amide bonds. The number of carbonyl (C=O) groups is 5. The third-order valence-electron chi connectivity index (χ3n) is 20.9. The molecule has 4 saturated carbocycles. The Bertz CT molecular complexity index is 2010. The molecular weight excluding hydrogens is 1160 g/mol. The third kappa shape index (κ3) is 26.1. The summed E-state index contributed by atoms with van der Waals surface area (Å²) in [5.41, 5.74) is 18.2.